The molecule has 0 saturated heterocycles. The quantitative estimate of drug-likeness (QED) is 0.0344. The molecule has 424 valence electrons. The summed E-state index contributed by atoms with van der Waals surface area (Å²) in [5, 5.41) is 31.4. The van der Waals surface area contributed by atoms with Crippen molar-refractivity contribution in [2.45, 2.75) is 171 Å². The van der Waals surface area contributed by atoms with E-state index in [4.69, 9.17) is 0 Å². The molecule has 3 unspecified atom stereocenters. The highest BCUT2D eigenvalue weighted by Gasteiger charge is 2.26. The molecule has 0 heterocycles. The van der Waals surface area contributed by atoms with Crippen LogP contribution in [0.5, 0.6) is 0 Å². The molecule has 0 radical (unpaired) electrons. The highest BCUT2D eigenvalue weighted by atomic mass is 32.2. The van der Waals surface area contributed by atoms with Crippen LogP contribution < -0.4 is 42.5 Å². The summed E-state index contributed by atoms with van der Waals surface area (Å²) in [5.41, 5.74) is 2.32. The van der Waals surface area contributed by atoms with E-state index in [1.165, 1.54) is 36.1 Å². The van der Waals surface area contributed by atoms with Gasteiger partial charge in [0, 0.05) is 56.1 Å². The molecule has 0 aliphatic heterocycles. The zero-order valence-corrected chi connectivity index (χ0v) is 48.6. The zero-order valence-electron chi connectivity index (χ0n) is 47.0. The number of benzene rings is 2. The Morgan fingerprint density at radius 3 is 1.61 bits per heavy atom. The molecule has 0 bridgehead atoms. The van der Waals surface area contributed by atoms with Crippen molar-refractivity contribution in [3.05, 3.63) is 70.8 Å². The van der Waals surface area contributed by atoms with Crippen molar-refractivity contribution in [3.8, 4) is 0 Å². The molecule has 7 amide bonds. The lowest BCUT2D eigenvalue weighted by atomic mass is 10.0. The number of ketones is 1. The molecular weight excluding hydrogens is 997 g/mol. The molecule has 3 atom stereocenters. The van der Waals surface area contributed by atoms with E-state index in [2.05, 4.69) is 69.6 Å². The van der Waals surface area contributed by atoms with Gasteiger partial charge in [-0.3, -0.25) is 38.4 Å². The van der Waals surface area contributed by atoms with Gasteiger partial charge in [-0.05, 0) is 104 Å². The van der Waals surface area contributed by atoms with E-state index >= 15 is 0 Å². The van der Waals surface area contributed by atoms with E-state index in [1.807, 2.05) is 57.8 Å². The molecule has 2 rings (SSSR count). The Labute approximate surface area is 456 Å². The first-order chi connectivity index (χ1) is 35.8. The SMILES string of the molecule is CC.CCC.CCC(=O)CCCCC(=O)NCCCCC(NC(=O)CNC(=O)C(CCSC)NC(=O)c1ccc(CNC(=O)C(NC(=O)CNC(=O)c2ccc(CNC(C)C)cc2)C(C)C)cc1)C(=O)O.CCSC. The van der Waals surface area contributed by atoms with Crippen molar-refractivity contribution >= 4 is 76.6 Å². The maximum atomic E-state index is 13.2. The van der Waals surface area contributed by atoms with Crippen LogP contribution in [0.4, 0.5) is 0 Å². The third-order valence-corrected chi connectivity index (χ3v) is 11.8. The Morgan fingerprint density at radius 2 is 1.09 bits per heavy atom. The normalized spacial score (nSPS) is 11.5. The maximum Gasteiger partial charge on any atom is 0.326 e. The third kappa shape index (κ3) is 35.4. The lowest BCUT2D eigenvalue weighted by Gasteiger charge is -2.22. The monoisotopic (exact) mass is 1090 g/mol. The van der Waals surface area contributed by atoms with Crippen LogP contribution in [0, 0.1) is 5.92 Å². The smallest absolute Gasteiger partial charge is 0.326 e. The minimum Gasteiger partial charge on any atom is -0.480 e. The van der Waals surface area contributed by atoms with Gasteiger partial charge >= 0.3 is 5.97 Å². The van der Waals surface area contributed by atoms with E-state index in [-0.39, 0.29) is 49.1 Å². The van der Waals surface area contributed by atoms with Crippen LogP contribution in [0.15, 0.2) is 48.5 Å². The van der Waals surface area contributed by atoms with E-state index in [9.17, 15) is 48.3 Å². The molecule has 20 heteroatoms. The fraction of sp³-hybridized carbons (Fsp3) is 0.618. The average molecular weight is 1090 g/mol. The predicted octanol–water partition coefficient (Wildman–Crippen LogP) is 6.55. The number of carboxylic acids is 1. The largest absolute Gasteiger partial charge is 0.480 e. The van der Waals surface area contributed by atoms with Crippen LogP contribution in [-0.2, 0) is 46.7 Å². The summed E-state index contributed by atoms with van der Waals surface area (Å²) in [4.78, 5) is 113. The Hall–Kier alpha value is -5.47. The number of hydrogen-bond acceptors (Lipinski definition) is 12. The Bertz CT molecular complexity index is 1970. The van der Waals surface area contributed by atoms with Gasteiger partial charge in [0.15, 0.2) is 0 Å². The fourth-order valence-corrected chi connectivity index (χ4v) is 6.78. The van der Waals surface area contributed by atoms with Gasteiger partial charge in [-0.25, -0.2) is 4.79 Å². The topological polar surface area (TPSA) is 270 Å². The number of unbranched alkanes of at least 4 members (excludes halogenated alkanes) is 2. The van der Waals surface area contributed by atoms with Gasteiger partial charge in [0.25, 0.3) is 11.8 Å². The van der Waals surface area contributed by atoms with E-state index in [1.54, 1.807) is 45.0 Å². The third-order valence-electron chi connectivity index (χ3n) is 10.6. The van der Waals surface area contributed by atoms with E-state index in [0.29, 0.717) is 81.0 Å². The molecule has 0 aliphatic carbocycles. The predicted molar refractivity (Wildman–Crippen MR) is 305 cm³/mol. The van der Waals surface area contributed by atoms with Gasteiger partial charge < -0.3 is 47.6 Å². The van der Waals surface area contributed by atoms with Gasteiger partial charge in [-0.1, -0.05) is 99.9 Å². The first-order valence-corrected chi connectivity index (χ1v) is 29.2. The number of Topliss-reactive ketones (excluding diaryl/α,β-unsaturated/α-hetero) is 1. The number of aliphatic carboxylic acids is 1. The molecule has 0 aromatic heterocycles. The number of carbonyl (C=O) groups is 9. The molecule has 18 nitrogen and oxygen atoms in total. The highest BCUT2D eigenvalue weighted by Crippen LogP contribution is 2.10. The number of thioether (sulfide) groups is 2. The summed E-state index contributed by atoms with van der Waals surface area (Å²) in [5.74, 6) is -3.02. The number of rotatable bonds is 33. The number of hydrogen-bond donors (Lipinski definition) is 9. The van der Waals surface area contributed by atoms with Crippen molar-refractivity contribution in [2.24, 2.45) is 5.92 Å². The number of carboxylic acid groups (broad SMARTS) is 1. The summed E-state index contributed by atoms with van der Waals surface area (Å²) in [6, 6.07) is 10.6. The Kier molecular flexibility index (Phi) is 42.8. The van der Waals surface area contributed by atoms with Crippen LogP contribution in [-0.4, -0.2) is 126 Å². The average Bonchev–Trinajstić information content (AvgIpc) is 3.40. The first kappa shape index (κ1) is 71.6. The number of nitrogens with one attached hydrogen (secondary N) is 8. The number of carbonyl (C=O) groups excluding carboxylic acids is 8. The van der Waals surface area contributed by atoms with Crippen molar-refractivity contribution in [1.29, 1.82) is 0 Å². The lowest BCUT2D eigenvalue weighted by molar-refractivity contribution is -0.142. The minimum absolute atomic E-state index is 0.0891. The second-order valence-electron chi connectivity index (χ2n) is 17.8. The van der Waals surface area contributed by atoms with Crippen LogP contribution in [0.25, 0.3) is 0 Å². The maximum absolute atomic E-state index is 13.2. The lowest BCUT2D eigenvalue weighted by Crippen LogP contribution is -2.51. The van der Waals surface area contributed by atoms with Gasteiger partial charge in [-0.2, -0.15) is 23.5 Å². The Balaban J connectivity index is 0. The fourth-order valence-electron chi connectivity index (χ4n) is 6.30. The molecule has 0 fully saturated rings. The second-order valence-corrected chi connectivity index (χ2v) is 20.0. The minimum atomic E-state index is -1.24. The summed E-state index contributed by atoms with van der Waals surface area (Å²) in [6.45, 7) is 20.1. The van der Waals surface area contributed by atoms with E-state index in [0.717, 1.165) is 5.56 Å². The summed E-state index contributed by atoms with van der Waals surface area (Å²) in [6.07, 6.45) is 8.95. The summed E-state index contributed by atoms with van der Waals surface area (Å²) in [7, 11) is 0. The molecule has 2 aromatic carbocycles. The summed E-state index contributed by atoms with van der Waals surface area (Å²) >= 11 is 3.32. The standard InChI is InChI=1S/C47H70N8O10S.C3H8S.C3H8.C2H6/c1-7-36(56)12-8-9-14-39(57)48-24-11-10-13-38(47(64)65)53-40(58)28-52-45(62)37(23-25-66-6)54-44(61)35-21-17-33(18-22-35)27-50-46(63)42(30(2)3)55-41(59)29-51-43(60)34-19-15-32(16-20-34)26-49-31(4)5;1-3-4-2;1-3-2;1-2/h15-22,30-31,37-38,42,49H,7-14,23-29H2,1-6H3,(H,48,57)(H,50,63)(H,51,60)(H,52,62)(H,53,58)(H,54,61)(H,55,59)(H,64,65);3H2,1-2H3;3H2,1-2H3;1-2H3. The van der Waals surface area contributed by atoms with E-state index < -0.39 is 66.1 Å². The first-order valence-electron chi connectivity index (χ1n) is 26.4. The molecule has 9 N–H and O–H groups in total. The second kappa shape index (κ2) is 44.8. The molecule has 0 saturated carbocycles. The van der Waals surface area contributed by atoms with Gasteiger partial charge in [0.2, 0.25) is 29.5 Å². The Morgan fingerprint density at radius 1 is 0.560 bits per heavy atom. The number of amides is 7. The van der Waals surface area contributed by atoms with Gasteiger partial charge in [0.1, 0.15) is 23.9 Å². The van der Waals surface area contributed by atoms with Crippen molar-refractivity contribution in [1.82, 2.24) is 42.5 Å². The molecule has 2 aromatic rings. The van der Waals surface area contributed by atoms with Crippen LogP contribution in [0.1, 0.15) is 165 Å². The van der Waals surface area contributed by atoms with Gasteiger partial charge in [-0.15, -0.1) is 0 Å². The molecular formula is C55H92N8O10S2. The molecule has 0 aliphatic rings. The van der Waals surface area contributed by atoms with Crippen molar-refractivity contribution < 1.29 is 48.3 Å². The van der Waals surface area contributed by atoms with Crippen molar-refractivity contribution in [3.63, 3.8) is 0 Å². The van der Waals surface area contributed by atoms with Crippen molar-refractivity contribution in [2.75, 3.05) is 43.7 Å². The van der Waals surface area contributed by atoms with Crippen LogP contribution in [0.3, 0.4) is 0 Å². The highest BCUT2D eigenvalue weighted by molar-refractivity contribution is 7.98. The summed E-state index contributed by atoms with van der Waals surface area (Å²) < 4.78 is 0. The zero-order chi connectivity index (χ0) is 57.1. The van der Waals surface area contributed by atoms with Crippen LogP contribution in [0.2, 0.25) is 0 Å². The van der Waals surface area contributed by atoms with Gasteiger partial charge in [0.05, 0.1) is 13.1 Å². The molecule has 75 heavy (non-hydrogen) atoms. The molecule has 0 spiro atoms. The van der Waals surface area contributed by atoms with Crippen LogP contribution >= 0.6 is 23.5 Å².